The highest BCUT2D eigenvalue weighted by Gasteiger charge is 2.53. The zero-order chi connectivity index (χ0) is 22.6. The van der Waals surface area contributed by atoms with Gasteiger partial charge in [0.15, 0.2) is 0 Å². The van der Waals surface area contributed by atoms with Crippen molar-refractivity contribution < 1.29 is 26.7 Å². The second-order valence-electron chi connectivity index (χ2n) is 7.55. The van der Waals surface area contributed by atoms with Crippen molar-refractivity contribution in [2.75, 3.05) is 19.4 Å². The number of ether oxygens (including phenoxy) is 1. The van der Waals surface area contributed by atoms with Gasteiger partial charge in [0.05, 0.1) is 12.9 Å². The van der Waals surface area contributed by atoms with Gasteiger partial charge in [-0.2, -0.15) is 8.78 Å². The smallest absolute Gasteiger partial charge is 0.410 e. The molecule has 0 radical (unpaired) electrons. The number of alkyl halides is 2. The van der Waals surface area contributed by atoms with Crippen molar-refractivity contribution in [2.45, 2.75) is 37.8 Å². The van der Waals surface area contributed by atoms with Crippen LogP contribution in [0.15, 0.2) is 54.6 Å². The lowest BCUT2D eigenvalue weighted by Gasteiger charge is -2.44. The number of rotatable bonds is 6. The number of hydrogen-bond donors (Lipinski definition) is 1. The summed E-state index contributed by atoms with van der Waals surface area (Å²) < 4.78 is 62.9. The first kappa shape index (κ1) is 23.1. The minimum Gasteiger partial charge on any atom is -0.450 e. The summed E-state index contributed by atoms with van der Waals surface area (Å²) in [5.74, 6) is -3.53. The second-order valence-corrected chi connectivity index (χ2v) is 9.33. The highest BCUT2D eigenvalue weighted by Crippen LogP contribution is 2.41. The average molecular weight is 453 g/mol. The van der Waals surface area contributed by atoms with Gasteiger partial charge in [0, 0.05) is 18.2 Å². The Balaban J connectivity index is 2.05. The standard InChI is InChI=1S/C22H26F2N2O4S/c1-3-30-21(27)26-14-8-13-19(25-31(2,28)29)20(26)22(23,24)18-12-7-11-17(15-18)16-9-5-4-6-10-16/h4-7,9-12,15,19-20,25H,3,8,13-14H2,1-2H3/t19-,20+/m0/s1. The molecule has 1 amide bonds. The molecule has 0 saturated carbocycles. The maximum Gasteiger partial charge on any atom is 0.410 e. The van der Waals surface area contributed by atoms with E-state index in [1.54, 1.807) is 13.0 Å². The Labute approximate surface area is 181 Å². The molecule has 9 heteroatoms. The summed E-state index contributed by atoms with van der Waals surface area (Å²) in [5.41, 5.74) is 1.08. The molecule has 1 aliphatic heterocycles. The lowest BCUT2D eigenvalue weighted by molar-refractivity contribution is -0.103. The molecule has 2 aromatic rings. The first-order valence-corrected chi connectivity index (χ1v) is 12.0. The Morgan fingerprint density at radius 1 is 1.16 bits per heavy atom. The number of amides is 1. The summed E-state index contributed by atoms with van der Waals surface area (Å²) in [6, 6.07) is 12.2. The molecular formula is C22H26F2N2O4S. The van der Waals surface area contributed by atoms with Gasteiger partial charge in [0.25, 0.3) is 5.92 Å². The molecule has 0 unspecified atom stereocenters. The van der Waals surface area contributed by atoms with Crippen molar-refractivity contribution in [3.63, 3.8) is 0 Å². The third kappa shape index (κ3) is 5.40. The largest absolute Gasteiger partial charge is 0.450 e. The van der Waals surface area contributed by atoms with Crippen molar-refractivity contribution in [1.82, 2.24) is 9.62 Å². The summed E-state index contributed by atoms with van der Waals surface area (Å²) >= 11 is 0. The van der Waals surface area contributed by atoms with Crippen LogP contribution >= 0.6 is 0 Å². The number of carbonyl (C=O) groups is 1. The summed E-state index contributed by atoms with van der Waals surface area (Å²) in [4.78, 5) is 13.4. The number of piperidine rings is 1. The predicted octanol–water partition coefficient (Wildman–Crippen LogP) is 3.98. The Bertz CT molecular complexity index is 1020. The van der Waals surface area contributed by atoms with E-state index in [-0.39, 0.29) is 25.1 Å². The van der Waals surface area contributed by atoms with Crippen molar-refractivity contribution in [3.05, 3.63) is 60.2 Å². The summed E-state index contributed by atoms with van der Waals surface area (Å²) in [5, 5.41) is 0. The van der Waals surface area contributed by atoms with Gasteiger partial charge in [-0.25, -0.2) is 17.9 Å². The molecular weight excluding hydrogens is 426 g/mol. The molecule has 0 aromatic heterocycles. The van der Waals surface area contributed by atoms with Gasteiger partial charge in [-0.05, 0) is 37.0 Å². The van der Waals surface area contributed by atoms with Crippen LogP contribution in [0.1, 0.15) is 25.3 Å². The Morgan fingerprint density at radius 2 is 1.84 bits per heavy atom. The number of nitrogens with zero attached hydrogens (tertiary/aromatic N) is 1. The molecule has 6 nitrogen and oxygen atoms in total. The third-order valence-corrected chi connectivity index (χ3v) is 5.96. The summed E-state index contributed by atoms with van der Waals surface area (Å²) in [6.07, 6.45) is 0.595. The van der Waals surface area contributed by atoms with Crippen LogP contribution in [-0.2, 0) is 20.7 Å². The van der Waals surface area contributed by atoms with E-state index in [2.05, 4.69) is 4.72 Å². The highest BCUT2D eigenvalue weighted by atomic mass is 32.2. The molecule has 1 N–H and O–H groups in total. The van der Waals surface area contributed by atoms with Crippen LogP contribution in [0.4, 0.5) is 13.6 Å². The first-order chi connectivity index (χ1) is 14.6. The normalized spacial score (nSPS) is 19.8. The van der Waals surface area contributed by atoms with E-state index < -0.39 is 34.1 Å². The lowest BCUT2D eigenvalue weighted by atomic mass is 9.87. The zero-order valence-electron chi connectivity index (χ0n) is 17.4. The molecule has 0 aliphatic carbocycles. The molecule has 168 valence electrons. The molecule has 0 bridgehead atoms. The van der Waals surface area contributed by atoms with Crippen LogP contribution in [-0.4, -0.2) is 50.9 Å². The first-order valence-electron chi connectivity index (χ1n) is 10.1. The number of benzene rings is 2. The van der Waals surface area contributed by atoms with Crippen molar-refractivity contribution in [2.24, 2.45) is 0 Å². The van der Waals surface area contributed by atoms with Crippen molar-refractivity contribution in [1.29, 1.82) is 0 Å². The van der Waals surface area contributed by atoms with Gasteiger partial charge in [-0.15, -0.1) is 0 Å². The van der Waals surface area contributed by atoms with E-state index in [9.17, 15) is 13.2 Å². The Hall–Kier alpha value is -2.52. The minimum absolute atomic E-state index is 0.0291. The average Bonchev–Trinajstić information content (AvgIpc) is 2.73. The van der Waals surface area contributed by atoms with E-state index in [4.69, 9.17) is 4.74 Å². The summed E-state index contributed by atoms with van der Waals surface area (Å²) in [6.45, 7) is 1.67. The topological polar surface area (TPSA) is 75.7 Å². The molecule has 1 fully saturated rings. The van der Waals surface area contributed by atoms with Gasteiger partial charge < -0.3 is 4.74 Å². The molecule has 31 heavy (non-hydrogen) atoms. The quantitative estimate of drug-likeness (QED) is 0.719. The maximum absolute atomic E-state index is 15.9. The van der Waals surface area contributed by atoms with Gasteiger partial charge in [0.1, 0.15) is 6.04 Å². The molecule has 2 aromatic carbocycles. The number of sulfonamides is 1. The second kappa shape index (κ2) is 9.32. The zero-order valence-corrected chi connectivity index (χ0v) is 18.2. The molecule has 0 spiro atoms. The fourth-order valence-corrected chi connectivity index (χ4v) is 4.76. The van der Waals surface area contributed by atoms with Crippen LogP contribution in [0.2, 0.25) is 0 Å². The number of hydrogen-bond acceptors (Lipinski definition) is 4. The summed E-state index contributed by atoms with van der Waals surface area (Å²) in [7, 11) is -3.77. The molecule has 3 rings (SSSR count). The van der Waals surface area contributed by atoms with Crippen molar-refractivity contribution in [3.8, 4) is 11.1 Å². The fourth-order valence-electron chi connectivity index (χ4n) is 3.96. The van der Waals surface area contributed by atoms with Crippen LogP contribution in [0.25, 0.3) is 11.1 Å². The fraction of sp³-hybridized carbons (Fsp3) is 0.409. The van der Waals surface area contributed by atoms with Crippen LogP contribution in [0, 0.1) is 0 Å². The monoisotopic (exact) mass is 452 g/mol. The van der Waals surface area contributed by atoms with E-state index in [0.29, 0.717) is 12.0 Å². The van der Waals surface area contributed by atoms with E-state index in [1.807, 2.05) is 30.3 Å². The number of carbonyl (C=O) groups excluding carboxylic acids is 1. The van der Waals surface area contributed by atoms with Gasteiger partial charge in [-0.3, -0.25) is 4.90 Å². The number of likely N-dealkylation sites (tertiary alicyclic amines) is 1. The van der Waals surface area contributed by atoms with Gasteiger partial charge in [0.2, 0.25) is 10.0 Å². The minimum atomic E-state index is -3.77. The van der Waals surface area contributed by atoms with Gasteiger partial charge >= 0.3 is 6.09 Å². The van der Waals surface area contributed by atoms with Crippen LogP contribution in [0.5, 0.6) is 0 Å². The van der Waals surface area contributed by atoms with Gasteiger partial charge in [-0.1, -0.05) is 48.5 Å². The highest BCUT2D eigenvalue weighted by molar-refractivity contribution is 7.88. The molecule has 1 saturated heterocycles. The van der Waals surface area contributed by atoms with Crippen LogP contribution < -0.4 is 4.72 Å². The Morgan fingerprint density at radius 3 is 2.48 bits per heavy atom. The van der Waals surface area contributed by atoms with E-state index in [0.717, 1.165) is 16.7 Å². The number of halogens is 2. The number of nitrogens with one attached hydrogen (secondary N) is 1. The lowest BCUT2D eigenvalue weighted by Crippen LogP contribution is -2.62. The maximum atomic E-state index is 15.9. The molecule has 1 heterocycles. The SMILES string of the molecule is CCOC(=O)N1CCC[C@H](NS(C)(=O)=O)[C@@H]1C(F)(F)c1cccc(-c2ccccc2)c1. The van der Waals surface area contributed by atoms with Crippen molar-refractivity contribution >= 4 is 16.1 Å². The van der Waals surface area contributed by atoms with E-state index in [1.165, 1.54) is 18.2 Å². The van der Waals surface area contributed by atoms with Crippen LogP contribution in [0.3, 0.4) is 0 Å². The Kier molecular flexibility index (Phi) is 6.96. The third-order valence-electron chi connectivity index (χ3n) is 5.22. The molecule has 1 aliphatic rings. The van der Waals surface area contributed by atoms with E-state index >= 15 is 8.78 Å². The predicted molar refractivity (Wildman–Crippen MR) is 114 cm³/mol. The molecule has 2 atom stereocenters.